The van der Waals surface area contributed by atoms with Crippen LogP contribution in [0.25, 0.3) is 0 Å². The highest BCUT2D eigenvalue weighted by Gasteiger charge is 2.30. The summed E-state index contributed by atoms with van der Waals surface area (Å²) in [4.78, 5) is 72.6. The highest BCUT2D eigenvalue weighted by Crippen LogP contribution is 2.45. The van der Waals surface area contributed by atoms with Crippen LogP contribution in [0.4, 0.5) is 0 Å². The molecular formula is C74H144O17P2. The summed E-state index contributed by atoms with van der Waals surface area (Å²) in [6.07, 6.45) is 55.6. The quantitative estimate of drug-likeness (QED) is 0.0222. The van der Waals surface area contributed by atoms with Crippen molar-refractivity contribution in [1.82, 2.24) is 0 Å². The van der Waals surface area contributed by atoms with E-state index < -0.39 is 97.5 Å². The van der Waals surface area contributed by atoms with Gasteiger partial charge in [-0.1, -0.05) is 336 Å². The number of hydrogen-bond acceptors (Lipinski definition) is 15. The van der Waals surface area contributed by atoms with Crippen molar-refractivity contribution in [3.63, 3.8) is 0 Å². The Balaban J connectivity index is 5.19. The van der Waals surface area contributed by atoms with Crippen LogP contribution in [0.3, 0.4) is 0 Å². The molecule has 0 rings (SSSR count). The first-order valence-electron chi connectivity index (χ1n) is 38.6. The minimum atomic E-state index is -4.95. The smallest absolute Gasteiger partial charge is 0.462 e. The second-order valence-electron chi connectivity index (χ2n) is 27.2. The third-order valence-electron chi connectivity index (χ3n) is 17.3. The maximum atomic E-state index is 13.1. The van der Waals surface area contributed by atoms with E-state index in [1.165, 1.54) is 199 Å². The number of aliphatic hydroxyl groups is 1. The first-order valence-corrected chi connectivity index (χ1v) is 41.6. The van der Waals surface area contributed by atoms with Gasteiger partial charge in [-0.25, -0.2) is 9.13 Å². The minimum Gasteiger partial charge on any atom is -0.462 e. The van der Waals surface area contributed by atoms with Crippen molar-refractivity contribution in [2.75, 3.05) is 39.6 Å². The topological polar surface area (TPSA) is 237 Å². The predicted molar refractivity (Wildman–Crippen MR) is 377 cm³/mol. The van der Waals surface area contributed by atoms with Gasteiger partial charge in [-0.2, -0.15) is 0 Å². The molecule has 19 heteroatoms. The van der Waals surface area contributed by atoms with Crippen LogP contribution in [-0.4, -0.2) is 96.7 Å². The summed E-state index contributed by atoms with van der Waals surface area (Å²) in [5, 5.41) is 10.6. The first-order chi connectivity index (χ1) is 45.0. The summed E-state index contributed by atoms with van der Waals surface area (Å²) in [5.41, 5.74) is 0. The summed E-state index contributed by atoms with van der Waals surface area (Å²) in [5.74, 6) is -1.37. The molecule has 0 fully saturated rings. The van der Waals surface area contributed by atoms with Crippen LogP contribution < -0.4 is 0 Å². The molecule has 0 bridgehead atoms. The van der Waals surface area contributed by atoms with Crippen molar-refractivity contribution in [2.24, 2.45) is 5.92 Å². The van der Waals surface area contributed by atoms with E-state index in [1.807, 2.05) is 0 Å². The Morgan fingerprint density at radius 1 is 0.290 bits per heavy atom. The molecule has 0 aromatic rings. The number of esters is 4. The van der Waals surface area contributed by atoms with E-state index in [0.29, 0.717) is 25.7 Å². The first kappa shape index (κ1) is 91.1. The third kappa shape index (κ3) is 68.4. The number of phosphoric acid groups is 2. The number of aliphatic hydroxyl groups excluding tert-OH is 1. The van der Waals surface area contributed by atoms with Crippen LogP contribution in [0.1, 0.15) is 388 Å². The standard InChI is InChI=1S/C74H144O17P2/c1-6-9-12-15-18-20-22-24-26-27-28-30-32-34-39-44-49-54-59-73(78)91-70(64-85-72(77)58-53-48-43-38-33-31-29-25-23-21-19-16-13-10-7-2)66-89-93(82,83)87-62-68(75)61-86-92(80,81)88-65-69(63-84-71(76)57-52-47-41-17-14-11-8-3)90-74(79)60-55-50-45-40-36-35-37-42-46-51-56-67(4)5/h67-70,75H,6-66H2,1-5H3,(H,80,81)(H,82,83)/t68-,69+,70+/m0/s1. The number of carbonyl (C=O) groups excluding carboxylic acids is 4. The van der Waals surface area contributed by atoms with Gasteiger partial charge < -0.3 is 33.8 Å². The molecule has 0 saturated carbocycles. The molecule has 0 aliphatic carbocycles. The van der Waals surface area contributed by atoms with E-state index in [1.54, 1.807) is 0 Å². The average molecular weight is 1370 g/mol. The van der Waals surface area contributed by atoms with Gasteiger partial charge in [0.15, 0.2) is 12.2 Å². The van der Waals surface area contributed by atoms with Crippen LogP contribution >= 0.6 is 15.6 Å². The highest BCUT2D eigenvalue weighted by molar-refractivity contribution is 7.47. The molecule has 0 aliphatic heterocycles. The Kier molecular flexibility index (Phi) is 65.9. The Hall–Kier alpha value is -1.94. The molecule has 0 heterocycles. The third-order valence-corrected chi connectivity index (χ3v) is 19.2. The maximum Gasteiger partial charge on any atom is 0.472 e. The molecule has 0 aromatic carbocycles. The number of hydrogen-bond donors (Lipinski definition) is 3. The van der Waals surface area contributed by atoms with E-state index >= 15 is 0 Å². The van der Waals surface area contributed by atoms with Gasteiger partial charge in [-0.15, -0.1) is 0 Å². The fraction of sp³-hybridized carbons (Fsp3) is 0.946. The second-order valence-corrected chi connectivity index (χ2v) is 30.1. The molecular weight excluding hydrogens is 1220 g/mol. The fourth-order valence-electron chi connectivity index (χ4n) is 11.4. The van der Waals surface area contributed by atoms with E-state index in [9.17, 15) is 43.2 Å². The Bertz CT molecular complexity index is 1790. The summed E-state index contributed by atoms with van der Waals surface area (Å²) in [7, 11) is -9.90. The number of phosphoric ester groups is 2. The zero-order valence-electron chi connectivity index (χ0n) is 60.4. The van der Waals surface area contributed by atoms with Gasteiger partial charge in [0.25, 0.3) is 0 Å². The molecule has 17 nitrogen and oxygen atoms in total. The summed E-state index contributed by atoms with van der Waals surface area (Å²) in [6.45, 7) is 7.23. The van der Waals surface area contributed by atoms with Gasteiger partial charge in [0.2, 0.25) is 0 Å². The monoisotopic (exact) mass is 1370 g/mol. The summed E-state index contributed by atoms with van der Waals surface area (Å²) in [6, 6.07) is 0. The molecule has 2 unspecified atom stereocenters. The lowest BCUT2D eigenvalue weighted by Crippen LogP contribution is -2.30. The van der Waals surface area contributed by atoms with Crippen molar-refractivity contribution in [3.8, 4) is 0 Å². The molecule has 93 heavy (non-hydrogen) atoms. The Morgan fingerprint density at radius 3 is 0.731 bits per heavy atom. The normalized spacial score (nSPS) is 14.0. The largest absolute Gasteiger partial charge is 0.472 e. The fourth-order valence-corrected chi connectivity index (χ4v) is 12.9. The highest BCUT2D eigenvalue weighted by atomic mass is 31.2. The maximum absolute atomic E-state index is 13.1. The van der Waals surface area contributed by atoms with Crippen molar-refractivity contribution < 1.29 is 80.2 Å². The van der Waals surface area contributed by atoms with Crippen LogP contribution in [0.2, 0.25) is 0 Å². The Morgan fingerprint density at radius 2 is 0.495 bits per heavy atom. The summed E-state index contributed by atoms with van der Waals surface area (Å²) < 4.78 is 68.4. The molecule has 0 saturated heterocycles. The van der Waals surface area contributed by atoms with Crippen molar-refractivity contribution in [1.29, 1.82) is 0 Å². The van der Waals surface area contributed by atoms with Gasteiger partial charge in [0.05, 0.1) is 26.4 Å². The molecule has 552 valence electrons. The molecule has 0 amide bonds. The zero-order chi connectivity index (χ0) is 68.4. The number of rotatable bonds is 74. The molecule has 0 aliphatic rings. The molecule has 0 spiro atoms. The second kappa shape index (κ2) is 67.3. The van der Waals surface area contributed by atoms with Gasteiger partial charge in [-0.3, -0.25) is 37.3 Å². The Labute approximate surface area is 568 Å². The average Bonchev–Trinajstić information content (AvgIpc) is 2.94. The van der Waals surface area contributed by atoms with Crippen molar-refractivity contribution in [3.05, 3.63) is 0 Å². The van der Waals surface area contributed by atoms with E-state index in [4.69, 9.17) is 37.0 Å². The van der Waals surface area contributed by atoms with Gasteiger partial charge in [-0.05, 0) is 31.6 Å². The predicted octanol–water partition coefficient (Wildman–Crippen LogP) is 21.7. The summed E-state index contributed by atoms with van der Waals surface area (Å²) >= 11 is 0. The van der Waals surface area contributed by atoms with E-state index in [0.717, 1.165) is 109 Å². The van der Waals surface area contributed by atoms with Gasteiger partial charge >= 0.3 is 39.5 Å². The minimum absolute atomic E-state index is 0.106. The van der Waals surface area contributed by atoms with E-state index in [-0.39, 0.29) is 25.7 Å². The van der Waals surface area contributed by atoms with Crippen LogP contribution in [0, 0.1) is 5.92 Å². The lowest BCUT2D eigenvalue weighted by Gasteiger charge is -2.21. The number of unbranched alkanes of at least 4 members (excludes halogenated alkanes) is 46. The number of carbonyl (C=O) groups is 4. The number of ether oxygens (including phenoxy) is 4. The molecule has 5 atom stereocenters. The molecule has 0 aromatic heterocycles. The zero-order valence-corrected chi connectivity index (χ0v) is 62.2. The lowest BCUT2D eigenvalue weighted by molar-refractivity contribution is -0.161. The van der Waals surface area contributed by atoms with Gasteiger partial charge in [0.1, 0.15) is 19.3 Å². The van der Waals surface area contributed by atoms with E-state index in [2.05, 4.69) is 34.6 Å². The van der Waals surface area contributed by atoms with Crippen LogP contribution in [0.15, 0.2) is 0 Å². The lowest BCUT2D eigenvalue weighted by atomic mass is 10.0. The van der Waals surface area contributed by atoms with Crippen LogP contribution in [0.5, 0.6) is 0 Å². The molecule has 3 N–H and O–H groups in total. The van der Waals surface area contributed by atoms with Crippen LogP contribution in [-0.2, 0) is 65.4 Å². The van der Waals surface area contributed by atoms with Crippen molar-refractivity contribution >= 4 is 39.5 Å². The van der Waals surface area contributed by atoms with Crippen molar-refractivity contribution in [2.45, 2.75) is 406 Å². The van der Waals surface area contributed by atoms with Gasteiger partial charge in [0, 0.05) is 25.7 Å². The molecule has 0 radical (unpaired) electrons. The SMILES string of the molecule is CCCCCCCCCCCCCCCCCCCCC(=O)O[C@H](COC(=O)CCCCCCCCCCCCCCCCC)COP(=O)(O)OC[C@@H](O)COP(=O)(O)OC[C@@H](COC(=O)CCCCCCCCC)OC(=O)CCCCCCCCCCCCC(C)C.